The third kappa shape index (κ3) is 6.71. The Bertz CT molecular complexity index is 765. The molecule has 3 rings (SSSR count). The van der Waals surface area contributed by atoms with Crippen molar-refractivity contribution in [3.05, 3.63) is 35.5 Å². The van der Waals surface area contributed by atoms with Crippen LogP contribution in [-0.4, -0.2) is 19.9 Å². The minimum Gasteiger partial charge on any atom is -0.413 e. The van der Waals surface area contributed by atoms with Gasteiger partial charge in [-0.15, -0.1) is 11.6 Å². The highest BCUT2D eigenvalue weighted by atomic mass is 35.5. The molecule has 0 aromatic heterocycles. The van der Waals surface area contributed by atoms with Gasteiger partial charge in [0.1, 0.15) is 0 Å². The van der Waals surface area contributed by atoms with Crippen LogP contribution in [0.4, 0.5) is 0 Å². The molecule has 3 fully saturated rings. The SMILES string of the molecule is CC1CCC(O[Si](C)(C)CCl)C/C1=C/C=C1\CCCC2(C)C1CCC2C(C)/C=C/C(C)C(C)C. The van der Waals surface area contributed by atoms with Gasteiger partial charge in [-0.1, -0.05) is 77.0 Å². The molecule has 0 heterocycles. The van der Waals surface area contributed by atoms with Crippen molar-refractivity contribution in [2.75, 3.05) is 5.50 Å². The molecule has 1 nitrogen and oxygen atoms in total. The van der Waals surface area contributed by atoms with E-state index in [0.717, 1.165) is 24.2 Å². The van der Waals surface area contributed by atoms with E-state index in [0.29, 0.717) is 34.8 Å². The fourth-order valence-corrected chi connectivity index (χ4v) is 8.42. The topological polar surface area (TPSA) is 9.23 Å². The number of alkyl halides is 1. The first-order chi connectivity index (χ1) is 16.0. The fourth-order valence-electron chi connectivity index (χ4n) is 7.07. The van der Waals surface area contributed by atoms with Crippen LogP contribution in [0.15, 0.2) is 35.5 Å². The number of allylic oxidation sites excluding steroid dienone is 5. The van der Waals surface area contributed by atoms with E-state index in [1.54, 1.807) is 11.1 Å². The maximum absolute atomic E-state index is 6.52. The van der Waals surface area contributed by atoms with Gasteiger partial charge in [-0.25, -0.2) is 0 Å². The van der Waals surface area contributed by atoms with E-state index >= 15 is 0 Å². The first kappa shape index (κ1) is 28.3. The van der Waals surface area contributed by atoms with Crippen LogP contribution in [0.2, 0.25) is 13.1 Å². The van der Waals surface area contributed by atoms with Crippen LogP contribution >= 0.6 is 11.6 Å². The van der Waals surface area contributed by atoms with Crippen molar-refractivity contribution >= 4 is 19.9 Å². The highest BCUT2D eigenvalue weighted by Crippen LogP contribution is 2.59. The fraction of sp³-hybridized carbons (Fsp3) is 0.806. The van der Waals surface area contributed by atoms with Gasteiger partial charge in [0.15, 0.2) is 0 Å². The third-order valence-corrected chi connectivity index (χ3v) is 13.3. The first-order valence-electron chi connectivity index (χ1n) is 14.3. The van der Waals surface area contributed by atoms with Gasteiger partial charge >= 0.3 is 0 Å². The van der Waals surface area contributed by atoms with Gasteiger partial charge < -0.3 is 4.43 Å². The molecule has 194 valence electrons. The number of hydrogen-bond acceptors (Lipinski definition) is 1. The van der Waals surface area contributed by atoms with Gasteiger partial charge in [0.05, 0.1) is 0 Å². The molecule has 3 aliphatic carbocycles. The minimum absolute atomic E-state index is 0.370. The van der Waals surface area contributed by atoms with Crippen molar-refractivity contribution in [3.63, 3.8) is 0 Å². The molecule has 7 atom stereocenters. The van der Waals surface area contributed by atoms with Gasteiger partial charge in [-0.05, 0) is 105 Å². The van der Waals surface area contributed by atoms with Gasteiger partial charge in [0.25, 0.3) is 0 Å². The largest absolute Gasteiger partial charge is 0.413 e. The van der Waals surface area contributed by atoms with E-state index in [2.05, 4.69) is 78.9 Å². The van der Waals surface area contributed by atoms with Crippen LogP contribution in [0.5, 0.6) is 0 Å². The number of halogens is 1. The molecule has 0 N–H and O–H groups in total. The Labute approximate surface area is 218 Å². The molecule has 0 aliphatic heterocycles. The molecule has 0 aromatic carbocycles. The lowest BCUT2D eigenvalue weighted by molar-refractivity contribution is 0.112. The predicted molar refractivity (Wildman–Crippen MR) is 153 cm³/mol. The highest BCUT2D eigenvalue weighted by Gasteiger charge is 2.50. The molecule has 0 amide bonds. The zero-order valence-electron chi connectivity index (χ0n) is 23.5. The van der Waals surface area contributed by atoms with Gasteiger partial charge in [0, 0.05) is 11.6 Å². The van der Waals surface area contributed by atoms with Crippen molar-refractivity contribution in [1.82, 2.24) is 0 Å². The molecule has 0 spiro atoms. The third-order valence-electron chi connectivity index (χ3n) is 9.78. The molecule has 0 bridgehead atoms. The Hall–Kier alpha value is -0.313. The summed E-state index contributed by atoms with van der Waals surface area (Å²) in [5.41, 5.74) is 4.49. The van der Waals surface area contributed by atoms with Gasteiger partial charge in [-0.3, -0.25) is 0 Å². The molecule has 3 aliphatic rings. The second kappa shape index (κ2) is 11.8. The Morgan fingerprint density at radius 3 is 2.41 bits per heavy atom. The van der Waals surface area contributed by atoms with E-state index in [-0.39, 0.29) is 0 Å². The van der Waals surface area contributed by atoms with Crippen molar-refractivity contribution in [3.8, 4) is 0 Å². The second-order valence-electron chi connectivity index (χ2n) is 13.2. The van der Waals surface area contributed by atoms with Crippen LogP contribution in [0.25, 0.3) is 0 Å². The summed E-state index contributed by atoms with van der Waals surface area (Å²) in [6, 6.07) is 0. The quantitative estimate of drug-likeness (QED) is 0.181. The second-order valence-corrected chi connectivity index (χ2v) is 18.1. The smallest absolute Gasteiger partial charge is 0.201 e. The lowest BCUT2D eigenvalue weighted by atomic mass is 9.61. The zero-order chi connectivity index (χ0) is 25.1. The Kier molecular flexibility index (Phi) is 9.83. The van der Waals surface area contributed by atoms with Gasteiger partial charge in [-0.2, -0.15) is 0 Å². The average Bonchev–Trinajstić information content (AvgIpc) is 3.14. The first-order valence-corrected chi connectivity index (χ1v) is 17.9. The summed E-state index contributed by atoms with van der Waals surface area (Å²) >= 11 is 6.20. The van der Waals surface area contributed by atoms with Crippen LogP contribution in [0.3, 0.4) is 0 Å². The van der Waals surface area contributed by atoms with Crippen molar-refractivity contribution in [2.24, 2.45) is 40.9 Å². The molecule has 34 heavy (non-hydrogen) atoms. The normalized spacial score (nSPS) is 37.0. The Balaban J connectivity index is 1.72. The molecule has 3 saturated carbocycles. The standard InChI is InChI=1S/C31H53ClOSi/c1-22(2)23(3)11-12-25(5)29-17-18-30-26(10-9-19-31(29,30)6)14-15-27-20-28(16-13-24(27)4)33-34(7,8)21-32/h11-12,14-15,22-25,28-30H,9-10,13,16-21H2,1-8H3/b12-11+,26-14+,27-15-. The van der Waals surface area contributed by atoms with E-state index in [4.69, 9.17) is 16.0 Å². The maximum Gasteiger partial charge on any atom is 0.201 e. The highest BCUT2D eigenvalue weighted by molar-refractivity contribution is 6.77. The monoisotopic (exact) mass is 504 g/mol. The van der Waals surface area contributed by atoms with E-state index < -0.39 is 8.32 Å². The lowest BCUT2D eigenvalue weighted by Gasteiger charge is -2.44. The Morgan fingerprint density at radius 1 is 1.03 bits per heavy atom. The van der Waals surface area contributed by atoms with Crippen LogP contribution < -0.4 is 0 Å². The summed E-state index contributed by atoms with van der Waals surface area (Å²) in [4.78, 5) is 0. The van der Waals surface area contributed by atoms with Crippen molar-refractivity contribution < 1.29 is 4.43 Å². The van der Waals surface area contributed by atoms with Gasteiger partial charge in [0.2, 0.25) is 8.32 Å². The summed E-state index contributed by atoms with van der Waals surface area (Å²) in [5.74, 6) is 4.34. The number of hydrogen-bond donors (Lipinski definition) is 0. The summed E-state index contributed by atoms with van der Waals surface area (Å²) in [6.45, 7) is 19.1. The molecular weight excluding hydrogens is 452 g/mol. The van der Waals surface area contributed by atoms with E-state index in [9.17, 15) is 0 Å². The van der Waals surface area contributed by atoms with Crippen LogP contribution in [0, 0.1) is 40.9 Å². The summed E-state index contributed by atoms with van der Waals surface area (Å²) in [7, 11) is -1.72. The zero-order valence-corrected chi connectivity index (χ0v) is 25.3. The van der Waals surface area contributed by atoms with E-state index in [1.165, 1.54) is 44.9 Å². The molecule has 3 heteroatoms. The number of fused-ring (bicyclic) bond motifs is 1. The molecule has 0 aromatic rings. The predicted octanol–water partition coefficient (Wildman–Crippen LogP) is 9.73. The maximum atomic E-state index is 6.52. The molecular formula is C31H53ClOSi. The van der Waals surface area contributed by atoms with E-state index in [1.807, 2.05) is 0 Å². The number of rotatable bonds is 8. The summed E-state index contributed by atoms with van der Waals surface area (Å²) in [5, 5.41) is 0. The summed E-state index contributed by atoms with van der Waals surface area (Å²) < 4.78 is 6.52. The lowest BCUT2D eigenvalue weighted by Crippen LogP contribution is -2.39. The molecule has 7 unspecified atom stereocenters. The van der Waals surface area contributed by atoms with Crippen LogP contribution in [0.1, 0.15) is 92.9 Å². The average molecular weight is 505 g/mol. The minimum atomic E-state index is -1.72. The van der Waals surface area contributed by atoms with Crippen molar-refractivity contribution in [2.45, 2.75) is 112 Å². The molecule has 0 radical (unpaired) electrons. The summed E-state index contributed by atoms with van der Waals surface area (Å²) in [6.07, 6.45) is 20.8. The van der Waals surface area contributed by atoms with Crippen molar-refractivity contribution in [1.29, 1.82) is 0 Å². The van der Waals surface area contributed by atoms with Crippen LogP contribution in [-0.2, 0) is 4.43 Å². The molecule has 0 saturated heterocycles. The Morgan fingerprint density at radius 2 is 1.74 bits per heavy atom.